The summed E-state index contributed by atoms with van der Waals surface area (Å²) in [7, 11) is 1.64. The van der Waals surface area contributed by atoms with Crippen molar-refractivity contribution in [1.82, 2.24) is 19.1 Å². The van der Waals surface area contributed by atoms with E-state index in [0.29, 0.717) is 32.0 Å². The highest BCUT2D eigenvalue weighted by atomic mass is 35.5. The molecule has 0 aliphatic rings. The Morgan fingerprint density at radius 3 is 2.82 bits per heavy atom. The van der Waals surface area contributed by atoms with E-state index in [1.54, 1.807) is 29.8 Å². The first kappa shape index (κ1) is 18.7. The predicted molar refractivity (Wildman–Crippen MR) is 111 cm³/mol. The summed E-state index contributed by atoms with van der Waals surface area (Å²) in [4.78, 5) is 32.7. The summed E-state index contributed by atoms with van der Waals surface area (Å²) >= 11 is 13.3. The maximum atomic E-state index is 12.4. The fourth-order valence-electron chi connectivity index (χ4n) is 2.73. The number of nitrogens with zero attached hydrogens (tertiary/aromatic N) is 4. The minimum atomic E-state index is -0.247. The molecule has 0 saturated carbocycles. The van der Waals surface area contributed by atoms with Crippen LogP contribution < -0.4 is 10.9 Å². The van der Waals surface area contributed by atoms with Gasteiger partial charge in [-0.15, -0.1) is 11.3 Å². The molecule has 3 heterocycles. The topological polar surface area (TPSA) is 81.8 Å². The number of fused-ring (bicyclic) bond motifs is 1. The van der Waals surface area contributed by atoms with E-state index in [9.17, 15) is 9.59 Å². The van der Waals surface area contributed by atoms with Crippen molar-refractivity contribution in [1.29, 1.82) is 0 Å². The van der Waals surface area contributed by atoms with Crippen molar-refractivity contribution in [3.8, 4) is 11.3 Å². The second kappa shape index (κ2) is 7.38. The third-order valence-corrected chi connectivity index (χ3v) is 5.67. The number of nitrogens with one attached hydrogen (secondary N) is 1. The normalized spacial score (nSPS) is 11.1. The first-order valence-corrected chi connectivity index (χ1v) is 9.77. The smallest absolute Gasteiger partial charge is 0.252 e. The van der Waals surface area contributed by atoms with Crippen molar-refractivity contribution in [2.24, 2.45) is 7.05 Å². The third kappa shape index (κ3) is 3.54. The summed E-state index contributed by atoms with van der Waals surface area (Å²) in [6.45, 7) is 0.0520. The summed E-state index contributed by atoms with van der Waals surface area (Å²) in [5, 5.41) is 6.00. The highest BCUT2D eigenvalue weighted by molar-refractivity contribution is 7.14. The average molecular weight is 434 g/mol. The van der Waals surface area contributed by atoms with E-state index in [2.05, 4.69) is 15.3 Å². The zero-order chi connectivity index (χ0) is 19.8. The third-order valence-electron chi connectivity index (χ3n) is 4.17. The molecule has 0 atom stereocenters. The fraction of sp³-hybridized carbons (Fsp3) is 0.111. The van der Waals surface area contributed by atoms with Gasteiger partial charge < -0.3 is 9.88 Å². The van der Waals surface area contributed by atoms with E-state index < -0.39 is 0 Å². The number of amides is 1. The molecule has 0 radical (unpaired) electrons. The van der Waals surface area contributed by atoms with Crippen molar-refractivity contribution in [2.45, 2.75) is 6.54 Å². The molecule has 4 aromatic rings. The molecule has 142 valence electrons. The van der Waals surface area contributed by atoms with Gasteiger partial charge in [0.2, 0.25) is 5.91 Å². The average Bonchev–Trinajstić information content (AvgIpc) is 3.28. The van der Waals surface area contributed by atoms with Gasteiger partial charge in [-0.2, -0.15) is 0 Å². The van der Waals surface area contributed by atoms with Gasteiger partial charge in [0.15, 0.2) is 10.8 Å². The van der Waals surface area contributed by atoms with Crippen LogP contribution in [0.1, 0.15) is 0 Å². The molecule has 0 unspecified atom stereocenters. The maximum absolute atomic E-state index is 12.4. The number of pyridine rings is 1. The summed E-state index contributed by atoms with van der Waals surface area (Å²) < 4.78 is 3.12. The molecular formula is C18H13Cl2N5O2S. The Kier molecular flexibility index (Phi) is 4.92. The highest BCUT2D eigenvalue weighted by Crippen LogP contribution is 2.30. The summed E-state index contributed by atoms with van der Waals surface area (Å²) in [6.07, 6.45) is 1.53. The van der Waals surface area contributed by atoms with Crippen LogP contribution in [0.15, 0.2) is 46.8 Å². The van der Waals surface area contributed by atoms with Crippen LogP contribution in [0.3, 0.4) is 0 Å². The van der Waals surface area contributed by atoms with E-state index in [1.165, 1.54) is 28.3 Å². The lowest BCUT2D eigenvalue weighted by molar-refractivity contribution is -0.116. The minimum absolute atomic E-state index is 0.0520. The molecular weight excluding hydrogens is 421 g/mol. The first-order valence-electron chi connectivity index (χ1n) is 8.14. The number of carbonyl (C=O) groups excluding carboxylic acids is 1. The van der Waals surface area contributed by atoms with Gasteiger partial charge in [0, 0.05) is 24.1 Å². The summed E-state index contributed by atoms with van der Waals surface area (Å²) in [5.41, 5.74) is 2.58. The van der Waals surface area contributed by atoms with E-state index in [4.69, 9.17) is 23.2 Å². The summed E-state index contributed by atoms with van der Waals surface area (Å²) in [5.74, 6) is -0.247. The van der Waals surface area contributed by atoms with E-state index >= 15 is 0 Å². The lowest BCUT2D eigenvalue weighted by Gasteiger charge is -2.05. The van der Waals surface area contributed by atoms with E-state index in [1.807, 2.05) is 11.4 Å². The van der Waals surface area contributed by atoms with Gasteiger partial charge in [-0.25, -0.2) is 9.97 Å². The van der Waals surface area contributed by atoms with Crippen LogP contribution >= 0.6 is 34.5 Å². The van der Waals surface area contributed by atoms with E-state index in [-0.39, 0.29) is 18.0 Å². The molecule has 0 saturated heterocycles. The zero-order valence-corrected chi connectivity index (χ0v) is 16.8. The second-order valence-corrected chi connectivity index (χ2v) is 7.70. The minimum Gasteiger partial charge on any atom is -0.320 e. The zero-order valence-electron chi connectivity index (χ0n) is 14.5. The quantitative estimate of drug-likeness (QED) is 0.530. The molecule has 0 bridgehead atoms. The van der Waals surface area contributed by atoms with Crippen molar-refractivity contribution in [2.75, 3.05) is 5.32 Å². The Morgan fingerprint density at radius 2 is 2.04 bits per heavy atom. The van der Waals surface area contributed by atoms with Gasteiger partial charge in [-0.1, -0.05) is 29.3 Å². The molecule has 0 aliphatic carbocycles. The Hall–Kier alpha value is -2.68. The van der Waals surface area contributed by atoms with Crippen LogP contribution in [0.4, 0.5) is 5.13 Å². The number of aromatic nitrogens is 4. The second-order valence-electron chi connectivity index (χ2n) is 6.03. The molecule has 3 aromatic heterocycles. The van der Waals surface area contributed by atoms with Crippen LogP contribution in [0.2, 0.25) is 10.0 Å². The van der Waals surface area contributed by atoms with Gasteiger partial charge in [0.05, 0.1) is 27.6 Å². The molecule has 0 spiro atoms. The van der Waals surface area contributed by atoms with Gasteiger partial charge >= 0.3 is 0 Å². The van der Waals surface area contributed by atoms with Crippen molar-refractivity contribution < 1.29 is 4.79 Å². The number of aryl methyl sites for hydroxylation is 1. The molecule has 0 fully saturated rings. The molecule has 1 amide bonds. The van der Waals surface area contributed by atoms with Crippen LogP contribution in [0, 0.1) is 0 Å². The Morgan fingerprint density at radius 1 is 1.21 bits per heavy atom. The number of hydrogen-bond acceptors (Lipinski definition) is 5. The van der Waals surface area contributed by atoms with Crippen molar-refractivity contribution >= 4 is 56.7 Å². The van der Waals surface area contributed by atoms with Crippen LogP contribution in [-0.2, 0) is 18.4 Å². The predicted octanol–water partition coefficient (Wildman–Crippen LogP) is 3.80. The number of thiazole rings is 1. The molecule has 7 nitrogen and oxygen atoms in total. The number of carbonyl (C=O) groups is 1. The Bertz CT molecular complexity index is 1260. The maximum Gasteiger partial charge on any atom is 0.252 e. The number of halogens is 2. The van der Waals surface area contributed by atoms with Gasteiger partial charge in [0.1, 0.15) is 6.54 Å². The van der Waals surface area contributed by atoms with Gasteiger partial charge in [-0.3, -0.25) is 14.2 Å². The number of rotatable bonds is 4. The standard InChI is InChI=1S/C18H13Cl2N5O2S/c1-24-16(27)5-4-14-17(24)21-9-25(14)7-15(26)23-18-22-13(8-28-18)10-2-3-11(19)12(20)6-10/h2-6,8-9H,7H2,1H3,(H,22,23,26). The highest BCUT2D eigenvalue weighted by Gasteiger charge is 2.12. The molecule has 10 heteroatoms. The summed E-state index contributed by atoms with van der Waals surface area (Å²) in [6, 6.07) is 8.35. The largest absolute Gasteiger partial charge is 0.320 e. The number of hydrogen-bond donors (Lipinski definition) is 1. The van der Waals surface area contributed by atoms with Crippen LogP contribution in [0.5, 0.6) is 0 Å². The number of anilines is 1. The molecule has 1 N–H and O–H groups in total. The number of imidazole rings is 1. The lowest BCUT2D eigenvalue weighted by Crippen LogP contribution is -2.19. The van der Waals surface area contributed by atoms with Crippen LogP contribution in [0.25, 0.3) is 22.4 Å². The van der Waals surface area contributed by atoms with Crippen LogP contribution in [-0.4, -0.2) is 25.0 Å². The Labute approximate surface area is 173 Å². The van der Waals surface area contributed by atoms with Gasteiger partial charge in [-0.05, 0) is 18.2 Å². The first-order chi connectivity index (χ1) is 13.4. The van der Waals surface area contributed by atoms with Gasteiger partial charge in [0.25, 0.3) is 5.56 Å². The monoisotopic (exact) mass is 433 g/mol. The Balaban J connectivity index is 1.50. The molecule has 1 aromatic carbocycles. The lowest BCUT2D eigenvalue weighted by atomic mass is 10.2. The number of benzene rings is 1. The molecule has 0 aliphatic heterocycles. The molecule has 28 heavy (non-hydrogen) atoms. The van der Waals surface area contributed by atoms with Crippen molar-refractivity contribution in [3.63, 3.8) is 0 Å². The van der Waals surface area contributed by atoms with E-state index in [0.717, 1.165) is 5.56 Å². The fourth-order valence-corrected chi connectivity index (χ4v) is 3.77. The SMILES string of the molecule is Cn1c(=O)ccc2c1ncn2CC(=O)Nc1nc(-c2ccc(Cl)c(Cl)c2)cs1. The van der Waals surface area contributed by atoms with Crippen molar-refractivity contribution in [3.05, 3.63) is 62.4 Å². The molecule has 4 rings (SSSR count).